The van der Waals surface area contributed by atoms with Crippen LogP contribution in [0.2, 0.25) is 0 Å². The predicted octanol–water partition coefficient (Wildman–Crippen LogP) is 4.32. The van der Waals surface area contributed by atoms with E-state index in [4.69, 9.17) is 9.84 Å². The van der Waals surface area contributed by atoms with Crippen molar-refractivity contribution in [1.82, 2.24) is 0 Å². The number of ether oxygens (including phenoxy) is 1. The molecule has 0 aliphatic heterocycles. The first kappa shape index (κ1) is 21.0. The Labute approximate surface area is 174 Å². The fourth-order valence-electron chi connectivity index (χ4n) is 3.12. The molecule has 0 unspecified atom stereocenters. The molecule has 2 N–H and O–H groups in total. The van der Waals surface area contributed by atoms with Crippen molar-refractivity contribution < 1.29 is 24.2 Å². The summed E-state index contributed by atoms with van der Waals surface area (Å²) in [6.07, 6.45) is 0.543. The van der Waals surface area contributed by atoms with E-state index in [1.807, 2.05) is 42.5 Å². The van der Waals surface area contributed by atoms with E-state index in [-0.39, 0.29) is 37.7 Å². The third kappa shape index (κ3) is 6.17. The molecule has 0 aliphatic rings. The van der Waals surface area contributed by atoms with Crippen LogP contribution in [-0.4, -0.2) is 23.0 Å². The van der Waals surface area contributed by atoms with Crippen LogP contribution in [0.5, 0.6) is 0 Å². The zero-order chi connectivity index (χ0) is 21.3. The van der Waals surface area contributed by atoms with Gasteiger partial charge in [0.2, 0.25) is 5.91 Å². The fourth-order valence-corrected chi connectivity index (χ4v) is 3.12. The van der Waals surface area contributed by atoms with E-state index in [9.17, 15) is 14.4 Å². The van der Waals surface area contributed by atoms with Gasteiger partial charge in [0.1, 0.15) is 6.61 Å². The zero-order valence-corrected chi connectivity index (χ0v) is 16.5. The Morgan fingerprint density at radius 1 is 0.867 bits per heavy atom. The second-order valence-electron chi connectivity index (χ2n) is 6.97. The zero-order valence-electron chi connectivity index (χ0n) is 16.5. The summed E-state index contributed by atoms with van der Waals surface area (Å²) >= 11 is 0. The Balaban J connectivity index is 1.48. The maximum atomic E-state index is 12.2. The van der Waals surface area contributed by atoms with E-state index in [1.54, 1.807) is 24.3 Å². The quantitative estimate of drug-likeness (QED) is 0.517. The highest BCUT2D eigenvalue weighted by Crippen LogP contribution is 2.19. The van der Waals surface area contributed by atoms with Crippen LogP contribution in [0, 0.1) is 0 Å². The van der Waals surface area contributed by atoms with Crippen molar-refractivity contribution in [1.29, 1.82) is 0 Å². The molecule has 1 amide bonds. The van der Waals surface area contributed by atoms with Crippen LogP contribution in [0.25, 0.3) is 10.8 Å². The third-order valence-electron chi connectivity index (χ3n) is 4.65. The molecule has 3 aromatic carbocycles. The van der Waals surface area contributed by atoms with Crippen LogP contribution < -0.4 is 5.32 Å². The van der Waals surface area contributed by atoms with Crippen LogP contribution in [0.3, 0.4) is 0 Å². The van der Waals surface area contributed by atoms with Crippen LogP contribution in [0.4, 0.5) is 5.69 Å². The standard InChI is InChI=1S/C24H23NO5/c26-22(9-4-10-23(27)28)25-20-13-11-17(12-14-20)15-24(29)30-16-19-7-3-6-18-5-1-2-8-21(18)19/h1-3,5-8,11-14H,4,9-10,15-16H2,(H,25,26)(H,27,28). The van der Waals surface area contributed by atoms with E-state index in [0.717, 1.165) is 21.9 Å². The lowest BCUT2D eigenvalue weighted by atomic mass is 10.1. The van der Waals surface area contributed by atoms with Crippen molar-refractivity contribution >= 4 is 34.3 Å². The normalized spacial score (nSPS) is 10.5. The van der Waals surface area contributed by atoms with Gasteiger partial charge in [0, 0.05) is 18.5 Å². The molecule has 30 heavy (non-hydrogen) atoms. The number of aliphatic carboxylic acids is 1. The van der Waals surface area contributed by atoms with Crippen LogP contribution in [-0.2, 0) is 32.1 Å². The number of amides is 1. The lowest BCUT2D eigenvalue weighted by Crippen LogP contribution is -2.12. The summed E-state index contributed by atoms with van der Waals surface area (Å²) < 4.78 is 5.44. The Bertz CT molecular complexity index is 1040. The van der Waals surface area contributed by atoms with Gasteiger partial charge in [0.25, 0.3) is 0 Å². The highest BCUT2D eigenvalue weighted by Gasteiger charge is 2.09. The summed E-state index contributed by atoms with van der Waals surface area (Å²) in [5.41, 5.74) is 2.34. The van der Waals surface area contributed by atoms with Crippen LogP contribution >= 0.6 is 0 Å². The smallest absolute Gasteiger partial charge is 0.310 e. The fraction of sp³-hybridized carbons (Fsp3) is 0.208. The molecule has 0 atom stereocenters. The summed E-state index contributed by atoms with van der Waals surface area (Å²) in [5, 5.41) is 13.5. The topological polar surface area (TPSA) is 92.7 Å². The molecular weight excluding hydrogens is 382 g/mol. The average Bonchev–Trinajstić information content (AvgIpc) is 2.73. The molecule has 154 valence electrons. The monoisotopic (exact) mass is 405 g/mol. The third-order valence-corrected chi connectivity index (χ3v) is 4.65. The van der Waals surface area contributed by atoms with Gasteiger partial charge in [-0.15, -0.1) is 0 Å². The van der Waals surface area contributed by atoms with Crippen molar-refractivity contribution in [2.75, 3.05) is 5.32 Å². The molecule has 0 saturated carbocycles. The van der Waals surface area contributed by atoms with Crippen LogP contribution in [0.15, 0.2) is 66.7 Å². The SMILES string of the molecule is O=C(O)CCCC(=O)Nc1ccc(CC(=O)OCc2cccc3ccccc23)cc1. The number of anilines is 1. The molecule has 0 fully saturated rings. The van der Waals surface area contributed by atoms with Crippen molar-refractivity contribution in [3.63, 3.8) is 0 Å². The van der Waals surface area contributed by atoms with Gasteiger partial charge in [-0.25, -0.2) is 0 Å². The Kier molecular flexibility index (Phi) is 7.16. The number of hydrogen-bond acceptors (Lipinski definition) is 4. The summed E-state index contributed by atoms with van der Waals surface area (Å²) in [6, 6.07) is 20.8. The molecule has 0 aromatic heterocycles. The number of carbonyl (C=O) groups is 3. The molecule has 0 aliphatic carbocycles. The van der Waals surface area contributed by atoms with Gasteiger partial charge in [-0.1, -0.05) is 54.6 Å². The van der Waals surface area contributed by atoms with Gasteiger partial charge in [-0.05, 0) is 40.5 Å². The van der Waals surface area contributed by atoms with E-state index in [0.29, 0.717) is 12.1 Å². The lowest BCUT2D eigenvalue weighted by Gasteiger charge is -2.09. The average molecular weight is 405 g/mol. The molecule has 0 heterocycles. The van der Waals surface area contributed by atoms with Gasteiger partial charge in [-0.3, -0.25) is 14.4 Å². The molecule has 6 nitrogen and oxygen atoms in total. The first-order valence-corrected chi connectivity index (χ1v) is 9.74. The van der Waals surface area contributed by atoms with Crippen LogP contribution in [0.1, 0.15) is 30.4 Å². The highest BCUT2D eigenvalue weighted by atomic mass is 16.5. The molecule has 0 spiro atoms. The first-order valence-electron chi connectivity index (χ1n) is 9.74. The molecule has 6 heteroatoms. The molecule has 0 radical (unpaired) electrons. The number of rotatable bonds is 9. The van der Waals surface area contributed by atoms with Crippen molar-refractivity contribution in [3.8, 4) is 0 Å². The number of carboxylic acid groups (broad SMARTS) is 1. The predicted molar refractivity (Wildman–Crippen MR) is 114 cm³/mol. The van der Waals surface area contributed by atoms with Gasteiger partial charge in [-0.2, -0.15) is 0 Å². The number of benzene rings is 3. The van der Waals surface area contributed by atoms with E-state index >= 15 is 0 Å². The lowest BCUT2D eigenvalue weighted by molar-refractivity contribution is -0.144. The van der Waals surface area contributed by atoms with Crippen molar-refractivity contribution in [2.45, 2.75) is 32.3 Å². The largest absolute Gasteiger partial charge is 0.481 e. The number of fused-ring (bicyclic) bond motifs is 1. The molecular formula is C24H23NO5. The minimum Gasteiger partial charge on any atom is -0.481 e. The van der Waals surface area contributed by atoms with E-state index in [2.05, 4.69) is 5.32 Å². The van der Waals surface area contributed by atoms with Gasteiger partial charge in [0.05, 0.1) is 6.42 Å². The number of nitrogens with one attached hydrogen (secondary N) is 1. The summed E-state index contributed by atoms with van der Waals surface area (Å²) in [5.74, 6) is -1.48. The first-order chi connectivity index (χ1) is 14.5. The summed E-state index contributed by atoms with van der Waals surface area (Å²) in [7, 11) is 0. The van der Waals surface area contributed by atoms with E-state index in [1.165, 1.54) is 0 Å². The second-order valence-corrected chi connectivity index (χ2v) is 6.97. The van der Waals surface area contributed by atoms with Gasteiger partial charge >= 0.3 is 11.9 Å². The summed E-state index contributed by atoms with van der Waals surface area (Å²) in [4.78, 5) is 34.5. The number of hydrogen-bond donors (Lipinski definition) is 2. The number of carboxylic acids is 1. The second kappa shape index (κ2) is 10.2. The minimum absolute atomic E-state index is 0.0345. The molecule has 3 rings (SSSR count). The van der Waals surface area contributed by atoms with Gasteiger partial charge < -0.3 is 15.2 Å². The minimum atomic E-state index is -0.917. The molecule has 0 saturated heterocycles. The highest BCUT2D eigenvalue weighted by molar-refractivity contribution is 5.91. The Morgan fingerprint density at radius 3 is 2.37 bits per heavy atom. The van der Waals surface area contributed by atoms with E-state index < -0.39 is 5.97 Å². The maximum absolute atomic E-state index is 12.2. The molecule has 3 aromatic rings. The Morgan fingerprint density at radius 2 is 1.60 bits per heavy atom. The van der Waals surface area contributed by atoms with Gasteiger partial charge in [0.15, 0.2) is 0 Å². The number of esters is 1. The van der Waals surface area contributed by atoms with Crippen molar-refractivity contribution in [2.24, 2.45) is 0 Å². The maximum Gasteiger partial charge on any atom is 0.310 e. The Hall–Kier alpha value is -3.67. The number of carbonyl (C=O) groups excluding carboxylic acids is 2. The van der Waals surface area contributed by atoms with Crippen molar-refractivity contribution in [3.05, 3.63) is 77.9 Å². The summed E-state index contributed by atoms with van der Waals surface area (Å²) in [6.45, 7) is 0.213. The molecule has 0 bridgehead atoms.